The Balaban J connectivity index is 1.34. The number of hydrogen-bond donors (Lipinski definition) is 2. The van der Waals surface area contributed by atoms with E-state index in [0.717, 1.165) is 54.0 Å². The molecule has 1 fully saturated rings. The minimum absolute atomic E-state index is 0.117. The normalized spacial score (nSPS) is 17.0. The van der Waals surface area contributed by atoms with Crippen LogP contribution in [0.25, 0.3) is 16.7 Å². The lowest BCUT2D eigenvalue weighted by molar-refractivity contribution is -0.111. The highest BCUT2D eigenvalue weighted by molar-refractivity contribution is 6.27. The highest BCUT2D eigenvalue weighted by Crippen LogP contribution is 2.33. The fourth-order valence-electron chi connectivity index (χ4n) is 4.32. The molecule has 0 saturated carbocycles. The van der Waals surface area contributed by atoms with Crippen molar-refractivity contribution in [3.63, 3.8) is 0 Å². The number of likely N-dealkylation sites (tertiary alicyclic amines) is 1. The molecule has 0 spiro atoms. The summed E-state index contributed by atoms with van der Waals surface area (Å²) in [6, 6.07) is 6.51. The quantitative estimate of drug-likeness (QED) is 0.682. The van der Waals surface area contributed by atoms with E-state index in [1.165, 1.54) is 0 Å². The molecular weight excluding hydrogens is 390 g/mol. The van der Waals surface area contributed by atoms with Gasteiger partial charge in [0, 0.05) is 48.4 Å². The van der Waals surface area contributed by atoms with Gasteiger partial charge in [-0.1, -0.05) is 12.1 Å². The summed E-state index contributed by atoms with van der Waals surface area (Å²) in [5.74, 6) is -0.117. The lowest BCUT2D eigenvalue weighted by atomic mass is 9.95. The molecule has 0 unspecified atom stereocenters. The molecule has 8 heteroatoms. The maximum Gasteiger partial charge on any atom is 0.256 e. The second-order valence-corrected chi connectivity index (χ2v) is 8.36. The third kappa shape index (κ3) is 3.98. The monoisotopic (exact) mass is 417 g/mol. The van der Waals surface area contributed by atoms with Gasteiger partial charge in [0.25, 0.3) is 5.91 Å². The highest BCUT2D eigenvalue weighted by Gasteiger charge is 2.22. The molecule has 2 aliphatic rings. The van der Waals surface area contributed by atoms with Crippen LogP contribution >= 0.6 is 0 Å². The lowest BCUT2D eigenvalue weighted by Crippen LogP contribution is -2.31. The summed E-state index contributed by atoms with van der Waals surface area (Å²) >= 11 is 0. The van der Waals surface area contributed by atoms with Gasteiger partial charge < -0.3 is 15.5 Å². The Kier molecular flexibility index (Phi) is 5.07. The second kappa shape index (κ2) is 8.03. The van der Waals surface area contributed by atoms with Crippen molar-refractivity contribution < 1.29 is 4.79 Å². The Hall–Kier alpha value is -3.39. The number of anilines is 2. The number of rotatable bonds is 4. The summed E-state index contributed by atoms with van der Waals surface area (Å²) in [6.07, 6.45) is 11.6. The van der Waals surface area contributed by atoms with Crippen LogP contribution in [0.2, 0.25) is 0 Å². The minimum atomic E-state index is -0.117. The Morgan fingerprint density at radius 3 is 2.71 bits per heavy atom. The smallest absolute Gasteiger partial charge is 0.256 e. The van der Waals surface area contributed by atoms with E-state index < -0.39 is 0 Å². The first-order chi connectivity index (χ1) is 15.1. The molecular formula is C23H27N7O. The van der Waals surface area contributed by atoms with E-state index in [9.17, 15) is 4.79 Å². The lowest BCUT2D eigenvalue weighted by Gasteiger charge is -2.28. The number of aryl methyl sites for hydroxylation is 1. The number of benzene rings is 1. The van der Waals surface area contributed by atoms with E-state index in [-0.39, 0.29) is 5.91 Å². The van der Waals surface area contributed by atoms with Crippen LogP contribution in [-0.2, 0) is 11.8 Å². The van der Waals surface area contributed by atoms with Gasteiger partial charge in [-0.05, 0) is 50.7 Å². The van der Waals surface area contributed by atoms with Crippen LogP contribution in [0.3, 0.4) is 0 Å². The second-order valence-electron chi connectivity index (χ2n) is 8.36. The number of hydrogen-bond acceptors (Lipinski definition) is 5. The predicted octanol–water partition coefficient (Wildman–Crippen LogP) is 3.00. The third-order valence-electron chi connectivity index (χ3n) is 6.11. The van der Waals surface area contributed by atoms with Gasteiger partial charge in [0.2, 0.25) is 0 Å². The topological polar surface area (TPSA) is 80.0 Å². The number of piperidine rings is 1. The van der Waals surface area contributed by atoms with Gasteiger partial charge in [0.05, 0.1) is 24.1 Å². The molecule has 2 aromatic heterocycles. The zero-order valence-corrected chi connectivity index (χ0v) is 17.9. The maximum atomic E-state index is 13.1. The fraction of sp³-hybridized carbons (Fsp3) is 0.348. The minimum Gasteiger partial charge on any atom is -0.381 e. The van der Waals surface area contributed by atoms with Gasteiger partial charge in [-0.15, -0.1) is 0 Å². The van der Waals surface area contributed by atoms with E-state index in [1.807, 2.05) is 48.5 Å². The first-order valence-corrected chi connectivity index (χ1v) is 10.7. The van der Waals surface area contributed by atoms with Crippen molar-refractivity contribution in [2.45, 2.75) is 18.9 Å². The number of carbonyl (C=O) groups excluding carboxylic acids is 1. The van der Waals surface area contributed by atoms with Crippen LogP contribution < -0.4 is 10.6 Å². The van der Waals surface area contributed by atoms with Crippen LogP contribution in [0.15, 0.2) is 49.1 Å². The van der Waals surface area contributed by atoms with Crippen molar-refractivity contribution in [1.29, 1.82) is 0 Å². The van der Waals surface area contributed by atoms with Gasteiger partial charge in [-0.2, -0.15) is 10.2 Å². The number of amides is 1. The Morgan fingerprint density at radius 1 is 1.10 bits per heavy atom. The van der Waals surface area contributed by atoms with Crippen molar-refractivity contribution in [1.82, 2.24) is 24.5 Å². The zero-order valence-electron chi connectivity index (χ0n) is 17.9. The molecule has 0 bridgehead atoms. The first-order valence-electron chi connectivity index (χ1n) is 10.7. The van der Waals surface area contributed by atoms with E-state index in [4.69, 9.17) is 0 Å². The van der Waals surface area contributed by atoms with Crippen molar-refractivity contribution in [3.05, 3.63) is 54.6 Å². The number of aromatic nitrogens is 4. The van der Waals surface area contributed by atoms with Crippen LogP contribution in [0.1, 0.15) is 24.4 Å². The number of nitrogens with zero attached hydrogens (tertiary/aromatic N) is 5. The molecule has 5 rings (SSSR count). The Labute approximate surface area is 181 Å². The molecule has 160 valence electrons. The Morgan fingerprint density at radius 2 is 1.94 bits per heavy atom. The summed E-state index contributed by atoms with van der Waals surface area (Å²) in [7, 11) is 4.04. The van der Waals surface area contributed by atoms with Gasteiger partial charge in [-0.25, -0.2) is 0 Å². The highest BCUT2D eigenvalue weighted by atomic mass is 16.1. The van der Waals surface area contributed by atoms with Crippen LogP contribution in [0.5, 0.6) is 0 Å². The average Bonchev–Trinajstić information content (AvgIpc) is 3.42. The van der Waals surface area contributed by atoms with Gasteiger partial charge in [-0.3, -0.25) is 14.2 Å². The molecule has 0 radical (unpaired) electrons. The molecule has 0 atom stereocenters. The molecule has 1 aromatic carbocycles. The van der Waals surface area contributed by atoms with Gasteiger partial charge in [0.15, 0.2) is 0 Å². The predicted molar refractivity (Wildman–Crippen MR) is 122 cm³/mol. The zero-order chi connectivity index (χ0) is 21.4. The van der Waals surface area contributed by atoms with Crippen molar-refractivity contribution in [2.24, 2.45) is 7.05 Å². The van der Waals surface area contributed by atoms with Crippen LogP contribution in [-0.4, -0.2) is 57.1 Å². The number of fused-ring (bicyclic) bond motifs is 1. The number of carbonyl (C=O) groups is 1. The van der Waals surface area contributed by atoms with E-state index in [0.29, 0.717) is 18.2 Å². The summed E-state index contributed by atoms with van der Waals surface area (Å²) in [4.78, 5) is 15.5. The molecule has 0 aliphatic carbocycles. The van der Waals surface area contributed by atoms with Crippen molar-refractivity contribution >= 4 is 22.9 Å². The molecule has 2 N–H and O–H groups in total. The molecule has 31 heavy (non-hydrogen) atoms. The summed E-state index contributed by atoms with van der Waals surface area (Å²) in [5, 5.41) is 15.1. The van der Waals surface area contributed by atoms with E-state index in [1.54, 1.807) is 10.9 Å². The van der Waals surface area contributed by atoms with Crippen LogP contribution in [0, 0.1) is 0 Å². The largest absolute Gasteiger partial charge is 0.381 e. The van der Waals surface area contributed by atoms with Gasteiger partial charge in [0.1, 0.15) is 0 Å². The molecule has 2 aliphatic heterocycles. The molecule has 3 aromatic rings. The van der Waals surface area contributed by atoms with Crippen molar-refractivity contribution in [3.8, 4) is 11.1 Å². The van der Waals surface area contributed by atoms with Crippen molar-refractivity contribution in [2.75, 3.05) is 37.3 Å². The van der Waals surface area contributed by atoms with E-state index >= 15 is 0 Å². The first kappa shape index (κ1) is 19.6. The standard InChI is InChI=1S/C23H27N7O/c1-28-9-6-19(7-10-28)30-15-18(13-26-30)27-23(31)20-5-8-24-22-4-3-16(11-21(20)22)17-12-25-29(2)14-17/h3-5,11-15,19,24H,6-10H2,1-2H3,(H,27,31). The average molecular weight is 418 g/mol. The summed E-state index contributed by atoms with van der Waals surface area (Å²) < 4.78 is 3.77. The van der Waals surface area contributed by atoms with Gasteiger partial charge >= 0.3 is 0 Å². The molecule has 1 amide bonds. The third-order valence-corrected chi connectivity index (χ3v) is 6.11. The molecule has 1 saturated heterocycles. The summed E-state index contributed by atoms with van der Waals surface area (Å²) in [5.41, 5.74) is 5.31. The molecule has 4 heterocycles. The maximum absolute atomic E-state index is 13.1. The SMILES string of the molecule is CN1CCC(n2cc(NC(=O)C3=CCNc4ccc(-c5cnn(C)c5)cc43)cn2)CC1. The number of nitrogens with one attached hydrogen (secondary N) is 2. The van der Waals surface area contributed by atoms with E-state index in [2.05, 4.69) is 38.8 Å². The van der Waals surface area contributed by atoms with Crippen LogP contribution in [0.4, 0.5) is 11.4 Å². The Bertz CT molecular complexity index is 1130. The summed E-state index contributed by atoms with van der Waals surface area (Å²) in [6.45, 7) is 2.77. The fourth-order valence-corrected chi connectivity index (χ4v) is 4.32. The molecule has 8 nitrogen and oxygen atoms in total.